The van der Waals surface area contributed by atoms with Crippen LogP contribution in [0.25, 0.3) is 0 Å². The molecule has 1 aliphatic heterocycles. The SMILES string of the molecule is CCC(C)(C)C(=O)C(=O)N1CCC(C[C@H](C)c2cccc(C(F)(F)F)c2)C1C(O)=S. The molecule has 2 rings (SSSR count). The van der Waals surface area contributed by atoms with E-state index in [1.165, 1.54) is 11.0 Å². The van der Waals surface area contributed by atoms with Crippen molar-refractivity contribution in [2.24, 2.45) is 11.3 Å². The predicted molar refractivity (Wildman–Crippen MR) is 112 cm³/mol. The highest BCUT2D eigenvalue weighted by Gasteiger charge is 2.44. The van der Waals surface area contributed by atoms with Gasteiger partial charge in [0.25, 0.3) is 5.91 Å². The zero-order valence-electron chi connectivity index (χ0n) is 17.6. The fourth-order valence-corrected chi connectivity index (χ4v) is 4.18. The number of aliphatic hydroxyl groups is 1. The standard InChI is InChI=1S/C22H28F3NO3S/c1-5-21(3,4)18(27)19(28)26-10-9-15(17(26)20(29)30)11-13(2)14-7-6-8-16(12-14)22(23,24)25/h6-8,12-13,15,17H,5,9-11H2,1-4H3,(H,29,30)/t13-,15?,17?/m0/s1. The molecule has 0 aliphatic carbocycles. The number of carbonyl (C=O) groups is 2. The molecule has 1 aromatic carbocycles. The second kappa shape index (κ2) is 9.04. The van der Waals surface area contributed by atoms with Gasteiger partial charge in [0.1, 0.15) is 6.04 Å². The monoisotopic (exact) mass is 443 g/mol. The number of thiocarbonyl (C=S) groups is 1. The summed E-state index contributed by atoms with van der Waals surface area (Å²) in [5.41, 5.74) is -1.00. The molecule has 2 unspecified atom stereocenters. The number of halogens is 3. The highest BCUT2D eigenvalue weighted by Crippen LogP contribution is 2.37. The van der Waals surface area contributed by atoms with Crippen LogP contribution in [0, 0.1) is 11.3 Å². The normalized spacial score (nSPS) is 20.8. The van der Waals surface area contributed by atoms with Crippen LogP contribution < -0.4 is 0 Å². The van der Waals surface area contributed by atoms with Gasteiger partial charge in [-0.15, -0.1) is 0 Å². The van der Waals surface area contributed by atoms with Crippen molar-refractivity contribution in [2.75, 3.05) is 6.54 Å². The van der Waals surface area contributed by atoms with E-state index in [-0.39, 0.29) is 23.4 Å². The van der Waals surface area contributed by atoms with E-state index >= 15 is 0 Å². The van der Waals surface area contributed by atoms with E-state index in [9.17, 15) is 27.9 Å². The summed E-state index contributed by atoms with van der Waals surface area (Å²) in [6.07, 6.45) is -2.98. The Morgan fingerprint density at radius 2 is 1.93 bits per heavy atom. The number of nitrogens with zero attached hydrogens (tertiary/aromatic N) is 1. The Bertz CT molecular complexity index is 822. The number of ketones is 1. The smallest absolute Gasteiger partial charge is 0.416 e. The topological polar surface area (TPSA) is 57.6 Å². The molecule has 0 aromatic heterocycles. The molecule has 1 aromatic rings. The van der Waals surface area contributed by atoms with Crippen molar-refractivity contribution in [3.05, 3.63) is 35.4 Å². The maximum Gasteiger partial charge on any atom is 0.416 e. The molecule has 1 fully saturated rings. The van der Waals surface area contributed by atoms with Crippen molar-refractivity contribution < 1.29 is 27.9 Å². The van der Waals surface area contributed by atoms with Crippen molar-refractivity contribution in [1.29, 1.82) is 0 Å². The van der Waals surface area contributed by atoms with E-state index in [1.807, 2.05) is 13.8 Å². The fourth-order valence-electron chi connectivity index (χ4n) is 3.86. The van der Waals surface area contributed by atoms with Gasteiger partial charge < -0.3 is 10.0 Å². The number of carbonyl (C=O) groups excluding carboxylic acids is 2. The van der Waals surface area contributed by atoms with E-state index in [2.05, 4.69) is 0 Å². The van der Waals surface area contributed by atoms with Gasteiger partial charge in [-0.1, -0.05) is 45.9 Å². The van der Waals surface area contributed by atoms with Crippen LogP contribution in [0.3, 0.4) is 0 Å². The van der Waals surface area contributed by atoms with Crippen LogP contribution in [0.15, 0.2) is 24.3 Å². The molecule has 1 saturated heterocycles. The molecule has 1 heterocycles. The minimum absolute atomic E-state index is 0.242. The van der Waals surface area contributed by atoms with Crippen molar-refractivity contribution in [2.45, 2.75) is 65.1 Å². The third-order valence-electron chi connectivity index (χ3n) is 6.17. The van der Waals surface area contributed by atoms with Gasteiger partial charge in [0.15, 0.2) is 5.05 Å². The molecule has 30 heavy (non-hydrogen) atoms. The number of benzene rings is 1. The highest BCUT2D eigenvalue weighted by atomic mass is 32.1. The maximum atomic E-state index is 13.0. The first kappa shape index (κ1) is 24.3. The minimum atomic E-state index is -4.42. The molecule has 1 N–H and O–H groups in total. The summed E-state index contributed by atoms with van der Waals surface area (Å²) in [4.78, 5) is 26.7. The molecule has 0 radical (unpaired) electrons. The lowest BCUT2D eigenvalue weighted by Crippen LogP contribution is -2.48. The van der Waals surface area contributed by atoms with Crippen molar-refractivity contribution in [3.8, 4) is 0 Å². The van der Waals surface area contributed by atoms with Crippen LogP contribution in [-0.2, 0) is 15.8 Å². The van der Waals surface area contributed by atoms with Gasteiger partial charge in [-0.05, 0) is 54.9 Å². The molecule has 1 aliphatic rings. The van der Waals surface area contributed by atoms with E-state index < -0.39 is 34.9 Å². The lowest BCUT2D eigenvalue weighted by molar-refractivity contribution is -0.149. The van der Waals surface area contributed by atoms with Crippen molar-refractivity contribution in [3.63, 3.8) is 0 Å². The summed E-state index contributed by atoms with van der Waals surface area (Å²) in [5, 5.41) is 9.72. The van der Waals surface area contributed by atoms with Crippen LogP contribution in [-0.4, -0.2) is 39.3 Å². The number of Topliss-reactive ketones (excluding diaryl/α,β-unsaturated/α-hetero) is 1. The summed E-state index contributed by atoms with van der Waals surface area (Å²) >= 11 is 4.98. The number of amides is 1. The van der Waals surface area contributed by atoms with Crippen LogP contribution in [0.5, 0.6) is 0 Å². The second-order valence-electron chi connectivity index (χ2n) is 8.66. The number of alkyl halides is 3. The third kappa shape index (κ3) is 5.20. The molecule has 0 saturated carbocycles. The average molecular weight is 444 g/mol. The van der Waals surface area contributed by atoms with Gasteiger partial charge in [-0.3, -0.25) is 9.59 Å². The zero-order chi connectivity index (χ0) is 22.9. The van der Waals surface area contributed by atoms with E-state index in [4.69, 9.17) is 12.2 Å². The van der Waals surface area contributed by atoms with Gasteiger partial charge in [0.2, 0.25) is 5.78 Å². The molecule has 1 amide bonds. The predicted octanol–water partition coefficient (Wildman–Crippen LogP) is 5.31. The third-order valence-corrected chi connectivity index (χ3v) is 6.41. The number of hydrogen-bond acceptors (Lipinski definition) is 3. The Labute approximate surface area is 180 Å². The Balaban J connectivity index is 2.20. The molecule has 4 nitrogen and oxygen atoms in total. The molecule has 0 bridgehead atoms. The molecule has 166 valence electrons. The van der Waals surface area contributed by atoms with E-state index in [0.29, 0.717) is 24.8 Å². The average Bonchev–Trinajstić information content (AvgIpc) is 3.09. The van der Waals surface area contributed by atoms with Crippen LogP contribution in [0.4, 0.5) is 13.2 Å². The molecular formula is C22H28F3NO3S. The van der Waals surface area contributed by atoms with Gasteiger partial charge in [-0.2, -0.15) is 13.2 Å². The first-order chi connectivity index (χ1) is 13.8. The molecule has 0 spiro atoms. The largest absolute Gasteiger partial charge is 0.500 e. The van der Waals surface area contributed by atoms with Crippen LogP contribution >= 0.6 is 12.2 Å². The summed E-state index contributed by atoms with van der Waals surface area (Å²) < 4.78 is 39.1. The summed E-state index contributed by atoms with van der Waals surface area (Å²) in [6.45, 7) is 7.30. The quantitative estimate of drug-likeness (QED) is 0.459. The minimum Gasteiger partial charge on any atom is -0.500 e. The Kier molecular flexibility index (Phi) is 7.32. The molecule has 3 atom stereocenters. The molecule has 8 heteroatoms. The lowest BCUT2D eigenvalue weighted by Gasteiger charge is -2.30. The Hall–Kier alpha value is -1.96. The van der Waals surface area contributed by atoms with Crippen LogP contribution in [0.2, 0.25) is 0 Å². The van der Waals surface area contributed by atoms with Gasteiger partial charge in [-0.25, -0.2) is 0 Å². The van der Waals surface area contributed by atoms with Gasteiger partial charge in [0.05, 0.1) is 5.56 Å². The fraction of sp³-hybridized carbons (Fsp3) is 0.591. The Morgan fingerprint density at radius 1 is 1.30 bits per heavy atom. The maximum absolute atomic E-state index is 13.0. The van der Waals surface area contributed by atoms with Gasteiger partial charge >= 0.3 is 6.18 Å². The van der Waals surface area contributed by atoms with E-state index in [1.54, 1.807) is 19.9 Å². The first-order valence-corrected chi connectivity index (χ1v) is 10.5. The zero-order valence-corrected chi connectivity index (χ0v) is 18.4. The van der Waals surface area contributed by atoms with Crippen molar-refractivity contribution >= 4 is 29.0 Å². The van der Waals surface area contributed by atoms with E-state index in [0.717, 1.165) is 12.1 Å². The van der Waals surface area contributed by atoms with Crippen LogP contribution in [0.1, 0.15) is 64.0 Å². The van der Waals surface area contributed by atoms with Gasteiger partial charge in [0, 0.05) is 12.0 Å². The number of rotatable bonds is 7. The lowest BCUT2D eigenvalue weighted by atomic mass is 9.84. The molecular weight excluding hydrogens is 415 g/mol. The van der Waals surface area contributed by atoms with Crippen molar-refractivity contribution in [1.82, 2.24) is 4.90 Å². The number of hydrogen-bond donors (Lipinski definition) is 1. The summed E-state index contributed by atoms with van der Waals surface area (Å²) in [6, 6.07) is 4.37. The number of likely N-dealkylation sites (tertiary alicyclic amines) is 1. The second-order valence-corrected chi connectivity index (χ2v) is 9.08. The Morgan fingerprint density at radius 3 is 2.47 bits per heavy atom. The summed E-state index contributed by atoms with van der Waals surface area (Å²) in [5.74, 6) is -1.68. The summed E-state index contributed by atoms with van der Waals surface area (Å²) in [7, 11) is 0. The first-order valence-electron chi connectivity index (χ1n) is 10.0. The highest BCUT2D eigenvalue weighted by molar-refractivity contribution is 7.80. The number of aliphatic hydroxyl groups excluding tert-OH is 1.